The molecular formula is C15H28N2O2. The number of aromatic nitrogens is 1. The summed E-state index contributed by atoms with van der Waals surface area (Å²) in [5.74, 6) is 1.44. The van der Waals surface area contributed by atoms with Crippen LogP contribution in [-0.4, -0.2) is 16.8 Å². The fraction of sp³-hybridized carbons (Fsp3) is 0.800. The smallest absolute Gasteiger partial charge is 0.162 e. The summed E-state index contributed by atoms with van der Waals surface area (Å²) in [5.41, 5.74) is 1.01. The molecule has 0 aliphatic heterocycles. The van der Waals surface area contributed by atoms with Crippen molar-refractivity contribution in [3.63, 3.8) is 0 Å². The van der Waals surface area contributed by atoms with E-state index in [1.807, 2.05) is 6.07 Å². The Kier molecular flexibility index (Phi) is 6.01. The first-order chi connectivity index (χ1) is 8.76. The van der Waals surface area contributed by atoms with Crippen LogP contribution >= 0.6 is 0 Å². The van der Waals surface area contributed by atoms with Crippen LogP contribution in [0.25, 0.3) is 0 Å². The van der Waals surface area contributed by atoms with Crippen LogP contribution in [0.1, 0.15) is 59.4 Å². The zero-order chi connectivity index (χ0) is 14.5. The summed E-state index contributed by atoms with van der Waals surface area (Å²) in [5, 5.41) is 7.42. The lowest BCUT2D eigenvalue weighted by Crippen LogP contribution is -2.35. The molecule has 1 aromatic heterocycles. The highest BCUT2D eigenvalue weighted by molar-refractivity contribution is 5.04. The van der Waals surface area contributed by atoms with E-state index in [2.05, 4.69) is 52.0 Å². The lowest BCUT2D eigenvalue weighted by Gasteiger charge is -2.19. The second-order valence-corrected chi connectivity index (χ2v) is 6.64. The van der Waals surface area contributed by atoms with Crippen molar-refractivity contribution in [1.82, 2.24) is 10.5 Å². The summed E-state index contributed by atoms with van der Waals surface area (Å²) >= 11 is 0. The molecule has 0 aliphatic carbocycles. The molecule has 0 radical (unpaired) electrons. The first-order valence-electron chi connectivity index (χ1n) is 7.07. The highest BCUT2D eigenvalue weighted by Crippen LogP contribution is 2.12. The molecule has 1 rings (SSSR count). The van der Waals surface area contributed by atoms with Crippen molar-refractivity contribution >= 4 is 0 Å². The van der Waals surface area contributed by atoms with E-state index in [9.17, 15) is 0 Å². The molecule has 0 saturated carbocycles. The molecule has 1 unspecified atom stereocenters. The lowest BCUT2D eigenvalue weighted by molar-refractivity contribution is 0.0277. The summed E-state index contributed by atoms with van der Waals surface area (Å²) in [6.45, 7) is 14.1. The molecule has 1 aromatic rings. The molecule has 0 aromatic carbocycles. The second kappa shape index (κ2) is 7.06. The van der Waals surface area contributed by atoms with E-state index in [1.54, 1.807) is 0 Å². The van der Waals surface area contributed by atoms with Crippen molar-refractivity contribution in [2.45, 2.75) is 72.8 Å². The normalized spacial score (nSPS) is 14.1. The average molecular weight is 268 g/mol. The van der Waals surface area contributed by atoms with Gasteiger partial charge in [-0.05, 0) is 40.0 Å². The predicted molar refractivity (Wildman–Crippen MR) is 76.8 cm³/mol. The van der Waals surface area contributed by atoms with Crippen molar-refractivity contribution in [3.05, 3.63) is 17.5 Å². The molecule has 1 heterocycles. The molecule has 4 heteroatoms. The largest absolute Gasteiger partial charge is 0.370 e. The van der Waals surface area contributed by atoms with Crippen LogP contribution in [0.2, 0.25) is 0 Å². The molecule has 1 atom stereocenters. The Balaban J connectivity index is 2.34. The van der Waals surface area contributed by atoms with E-state index >= 15 is 0 Å². The van der Waals surface area contributed by atoms with Crippen LogP contribution in [0.4, 0.5) is 0 Å². The molecule has 110 valence electrons. The number of rotatable bonds is 7. The maximum Gasteiger partial charge on any atom is 0.162 e. The molecule has 4 nitrogen and oxygen atoms in total. The van der Waals surface area contributed by atoms with Gasteiger partial charge in [0.05, 0.1) is 11.8 Å². The SMILES string of the molecule is CC(C)CC(C)OCc1cc(CNC(C)(C)C)no1. The first kappa shape index (κ1) is 16.2. The Hall–Kier alpha value is -0.870. The van der Waals surface area contributed by atoms with Crippen LogP contribution in [0.15, 0.2) is 10.6 Å². The number of hydrogen-bond acceptors (Lipinski definition) is 4. The zero-order valence-corrected chi connectivity index (χ0v) is 13.1. The lowest BCUT2D eigenvalue weighted by atomic mass is 10.1. The number of hydrogen-bond donors (Lipinski definition) is 1. The summed E-state index contributed by atoms with van der Waals surface area (Å²) in [7, 11) is 0. The third kappa shape index (κ3) is 7.33. The van der Waals surface area contributed by atoms with Crippen molar-refractivity contribution in [3.8, 4) is 0 Å². The van der Waals surface area contributed by atoms with Gasteiger partial charge >= 0.3 is 0 Å². The quantitative estimate of drug-likeness (QED) is 0.822. The van der Waals surface area contributed by atoms with Crippen molar-refractivity contribution in [2.24, 2.45) is 5.92 Å². The van der Waals surface area contributed by atoms with Gasteiger partial charge in [0, 0.05) is 18.2 Å². The molecule has 1 N–H and O–H groups in total. The number of nitrogens with zero attached hydrogens (tertiary/aromatic N) is 1. The van der Waals surface area contributed by atoms with Gasteiger partial charge in [-0.1, -0.05) is 19.0 Å². The minimum atomic E-state index is 0.0847. The van der Waals surface area contributed by atoms with Crippen molar-refractivity contribution < 1.29 is 9.26 Å². The topological polar surface area (TPSA) is 47.3 Å². The Morgan fingerprint density at radius 2 is 2.00 bits per heavy atom. The Labute approximate surface area is 116 Å². The summed E-state index contributed by atoms with van der Waals surface area (Å²) in [6, 6.07) is 1.96. The summed E-state index contributed by atoms with van der Waals surface area (Å²) < 4.78 is 11.0. The van der Waals surface area contributed by atoms with E-state index in [4.69, 9.17) is 9.26 Å². The zero-order valence-electron chi connectivity index (χ0n) is 13.1. The molecule has 19 heavy (non-hydrogen) atoms. The fourth-order valence-electron chi connectivity index (χ4n) is 1.82. The molecule has 0 saturated heterocycles. The van der Waals surface area contributed by atoms with Gasteiger partial charge < -0.3 is 14.6 Å². The van der Waals surface area contributed by atoms with Gasteiger partial charge in [-0.3, -0.25) is 0 Å². The average Bonchev–Trinajstić information content (AvgIpc) is 2.69. The van der Waals surface area contributed by atoms with Gasteiger partial charge in [0.15, 0.2) is 5.76 Å². The third-order valence-electron chi connectivity index (χ3n) is 2.72. The first-order valence-corrected chi connectivity index (χ1v) is 7.07. The van der Waals surface area contributed by atoms with Gasteiger partial charge in [0.1, 0.15) is 6.61 Å². The minimum Gasteiger partial charge on any atom is -0.370 e. The van der Waals surface area contributed by atoms with E-state index in [1.165, 1.54) is 0 Å². The monoisotopic (exact) mass is 268 g/mol. The van der Waals surface area contributed by atoms with Gasteiger partial charge in [-0.25, -0.2) is 0 Å². The molecular weight excluding hydrogens is 240 g/mol. The number of nitrogens with one attached hydrogen (secondary N) is 1. The molecule has 0 spiro atoms. The van der Waals surface area contributed by atoms with Gasteiger partial charge in [0.25, 0.3) is 0 Å². The van der Waals surface area contributed by atoms with Crippen molar-refractivity contribution in [2.75, 3.05) is 0 Å². The highest BCUT2D eigenvalue weighted by Gasteiger charge is 2.12. The van der Waals surface area contributed by atoms with Crippen LogP contribution in [-0.2, 0) is 17.9 Å². The molecule has 0 aliphatic rings. The predicted octanol–water partition coefficient (Wildman–Crippen LogP) is 3.51. The third-order valence-corrected chi connectivity index (χ3v) is 2.72. The Morgan fingerprint density at radius 3 is 2.58 bits per heavy atom. The summed E-state index contributed by atoms with van der Waals surface area (Å²) in [4.78, 5) is 0. The van der Waals surface area contributed by atoms with E-state index in [-0.39, 0.29) is 11.6 Å². The highest BCUT2D eigenvalue weighted by atomic mass is 16.5. The van der Waals surface area contributed by atoms with E-state index in [0.717, 1.165) is 17.9 Å². The van der Waals surface area contributed by atoms with Gasteiger partial charge in [-0.15, -0.1) is 0 Å². The van der Waals surface area contributed by atoms with Crippen LogP contribution < -0.4 is 5.32 Å². The Bertz CT molecular complexity index is 366. The molecule has 0 bridgehead atoms. The van der Waals surface area contributed by atoms with Gasteiger partial charge in [0.2, 0.25) is 0 Å². The van der Waals surface area contributed by atoms with E-state index < -0.39 is 0 Å². The van der Waals surface area contributed by atoms with Crippen LogP contribution in [0.5, 0.6) is 0 Å². The molecule has 0 fully saturated rings. The van der Waals surface area contributed by atoms with Crippen molar-refractivity contribution in [1.29, 1.82) is 0 Å². The maximum atomic E-state index is 5.74. The second-order valence-electron chi connectivity index (χ2n) is 6.64. The number of ether oxygens (including phenoxy) is 1. The van der Waals surface area contributed by atoms with Crippen LogP contribution in [0, 0.1) is 5.92 Å². The maximum absolute atomic E-state index is 5.74. The summed E-state index contributed by atoms with van der Waals surface area (Å²) in [6.07, 6.45) is 1.31. The van der Waals surface area contributed by atoms with Gasteiger partial charge in [-0.2, -0.15) is 0 Å². The minimum absolute atomic E-state index is 0.0847. The molecule has 0 amide bonds. The van der Waals surface area contributed by atoms with E-state index in [0.29, 0.717) is 19.1 Å². The standard InChI is InChI=1S/C15H28N2O2/c1-11(2)7-12(3)18-10-14-8-13(17-19-14)9-16-15(4,5)6/h8,11-12,16H,7,9-10H2,1-6H3. The fourth-order valence-corrected chi connectivity index (χ4v) is 1.82. The van der Waals surface area contributed by atoms with Crippen LogP contribution in [0.3, 0.4) is 0 Å². The Morgan fingerprint density at radius 1 is 1.32 bits per heavy atom.